The molecule has 0 fully saturated rings. The van der Waals surface area contributed by atoms with Gasteiger partial charge >= 0.3 is 0 Å². The minimum Gasteiger partial charge on any atom is -0.270 e. The molecule has 0 atom stereocenters. The Morgan fingerprint density at radius 2 is 2.04 bits per heavy atom. The van der Waals surface area contributed by atoms with Gasteiger partial charge in [-0.1, -0.05) is 36.4 Å². The van der Waals surface area contributed by atoms with Gasteiger partial charge in [-0.3, -0.25) is 10.5 Å². The largest absolute Gasteiger partial charge is 0.270 e. The molecule has 7 heteroatoms. The first-order chi connectivity index (χ1) is 11.8. The van der Waals surface area contributed by atoms with Gasteiger partial charge in [-0.2, -0.15) is 10.2 Å². The van der Waals surface area contributed by atoms with Crippen LogP contribution in [0, 0.1) is 0 Å². The highest BCUT2D eigenvalue weighted by Gasteiger charge is 2.04. The quantitative estimate of drug-likeness (QED) is 0.380. The molecule has 24 heavy (non-hydrogen) atoms. The Labute approximate surface area is 150 Å². The fourth-order valence-electron chi connectivity index (χ4n) is 2.31. The average molecular weight is 398 g/mol. The van der Waals surface area contributed by atoms with Crippen LogP contribution in [0.15, 0.2) is 63.6 Å². The molecule has 0 aliphatic carbocycles. The number of rotatable bonds is 4. The van der Waals surface area contributed by atoms with Crippen LogP contribution in [0.3, 0.4) is 0 Å². The van der Waals surface area contributed by atoms with Crippen molar-refractivity contribution >= 4 is 49.5 Å². The molecule has 2 aromatic heterocycles. The topological polar surface area (TPSA) is 66.0 Å². The molecule has 2 heterocycles. The van der Waals surface area contributed by atoms with Gasteiger partial charge in [0.25, 0.3) is 0 Å². The van der Waals surface area contributed by atoms with Gasteiger partial charge in [0.15, 0.2) is 0 Å². The normalized spacial score (nSPS) is 11.4. The SMILES string of the molecule is Brc1[nH]nc2ccc(C=NNc3nc(-c4ccccc4)cs3)cc12. The third-order valence-corrected chi connectivity index (χ3v) is 4.83. The summed E-state index contributed by atoms with van der Waals surface area (Å²) in [6.07, 6.45) is 1.77. The van der Waals surface area contributed by atoms with Crippen molar-refractivity contribution in [3.8, 4) is 11.3 Å². The van der Waals surface area contributed by atoms with E-state index in [9.17, 15) is 0 Å². The van der Waals surface area contributed by atoms with Crippen molar-refractivity contribution in [3.05, 3.63) is 64.1 Å². The van der Waals surface area contributed by atoms with Crippen molar-refractivity contribution in [3.63, 3.8) is 0 Å². The number of hydrogen-bond donors (Lipinski definition) is 2. The number of fused-ring (bicyclic) bond motifs is 1. The second-order valence-electron chi connectivity index (χ2n) is 5.09. The first-order valence-electron chi connectivity index (χ1n) is 7.23. The van der Waals surface area contributed by atoms with E-state index in [0.29, 0.717) is 0 Å². The van der Waals surface area contributed by atoms with E-state index in [1.54, 1.807) is 6.21 Å². The van der Waals surface area contributed by atoms with E-state index in [4.69, 9.17) is 0 Å². The molecule has 0 unspecified atom stereocenters. The Morgan fingerprint density at radius 3 is 2.92 bits per heavy atom. The number of aromatic amines is 1. The highest BCUT2D eigenvalue weighted by atomic mass is 79.9. The molecule has 2 N–H and O–H groups in total. The zero-order valence-electron chi connectivity index (χ0n) is 12.4. The smallest absolute Gasteiger partial charge is 0.203 e. The van der Waals surface area contributed by atoms with Crippen LogP contribution < -0.4 is 5.43 Å². The third kappa shape index (κ3) is 3.08. The van der Waals surface area contributed by atoms with Gasteiger partial charge in [-0.25, -0.2) is 4.98 Å². The van der Waals surface area contributed by atoms with Crippen molar-refractivity contribution < 1.29 is 0 Å². The maximum atomic E-state index is 4.54. The molecule has 0 radical (unpaired) electrons. The molecule has 0 saturated heterocycles. The summed E-state index contributed by atoms with van der Waals surface area (Å²) in [6, 6.07) is 16.0. The molecule has 4 aromatic rings. The summed E-state index contributed by atoms with van der Waals surface area (Å²) in [7, 11) is 0. The molecule has 2 aromatic carbocycles. The molecule has 5 nitrogen and oxygen atoms in total. The van der Waals surface area contributed by atoms with Crippen LogP contribution in [0.4, 0.5) is 5.13 Å². The molecule has 0 bridgehead atoms. The molecule has 0 amide bonds. The van der Waals surface area contributed by atoms with E-state index in [1.807, 2.05) is 53.9 Å². The lowest BCUT2D eigenvalue weighted by Gasteiger charge is -1.96. The summed E-state index contributed by atoms with van der Waals surface area (Å²) < 4.78 is 0.869. The predicted molar refractivity (Wildman–Crippen MR) is 103 cm³/mol. The van der Waals surface area contributed by atoms with Gasteiger partial charge in [0.05, 0.1) is 17.4 Å². The number of hydrazone groups is 1. The maximum Gasteiger partial charge on any atom is 0.203 e. The first kappa shape index (κ1) is 15.0. The van der Waals surface area contributed by atoms with Gasteiger partial charge in [0.2, 0.25) is 5.13 Å². The van der Waals surface area contributed by atoms with E-state index in [2.05, 4.69) is 41.6 Å². The second kappa shape index (κ2) is 6.54. The van der Waals surface area contributed by atoms with Crippen LogP contribution in [-0.2, 0) is 0 Å². The Hall–Kier alpha value is -2.51. The summed E-state index contributed by atoms with van der Waals surface area (Å²) in [5.41, 5.74) is 6.93. The highest BCUT2D eigenvalue weighted by molar-refractivity contribution is 9.10. The van der Waals surface area contributed by atoms with Crippen LogP contribution in [0.1, 0.15) is 5.56 Å². The van der Waals surface area contributed by atoms with E-state index in [0.717, 1.165) is 37.5 Å². The molecule has 0 spiro atoms. The molecular weight excluding hydrogens is 386 g/mol. The summed E-state index contributed by atoms with van der Waals surface area (Å²) in [6.45, 7) is 0. The number of nitrogens with zero attached hydrogens (tertiary/aromatic N) is 3. The Bertz CT molecular complexity index is 1010. The average Bonchev–Trinajstić information content (AvgIpc) is 3.23. The van der Waals surface area contributed by atoms with Crippen molar-refractivity contribution in [1.29, 1.82) is 0 Å². The van der Waals surface area contributed by atoms with Gasteiger partial charge in [-0.05, 0) is 33.6 Å². The van der Waals surface area contributed by atoms with Gasteiger partial charge in [-0.15, -0.1) is 11.3 Å². The molecule has 4 rings (SSSR count). The third-order valence-electron chi connectivity index (χ3n) is 3.48. The number of hydrogen-bond acceptors (Lipinski definition) is 5. The summed E-state index contributed by atoms with van der Waals surface area (Å²) in [5.74, 6) is 0. The number of anilines is 1. The lowest BCUT2D eigenvalue weighted by Crippen LogP contribution is -1.90. The van der Waals surface area contributed by atoms with Crippen LogP contribution in [0.2, 0.25) is 0 Å². The molecular formula is C17H12BrN5S. The number of benzene rings is 2. The summed E-state index contributed by atoms with van der Waals surface area (Å²) in [5, 5.41) is 15.2. The molecule has 0 saturated carbocycles. The zero-order chi connectivity index (χ0) is 16.4. The van der Waals surface area contributed by atoms with E-state index in [1.165, 1.54) is 11.3 Å². The van der Waals surface area contributed by atoms with Crippen molar-refractivity contribution in [2.24, 2.45) is 5.10 Å². The van der Waals surface area contributed by atoms with Gasteiger partial charge in [0.1, 0.15) is 4.60 Å². The Morgan fingerprint density at radius 1 is 1.17 bits per heavy atom. The number of halogens is 1. The van der Waals surface area contributed by atoms with Crippen LogP contribution in [-0.4, -0.2) is 21.4 Å². The van der Waals surface area contributed by atoms with Crippen molar-refractivity contribution in [2.75, 3.05) is 5.43 Å². The minimum absolute atomic E-state index is 0.760. The van der Waals surface area contributed by atoms with Crippen molar-refractivity contribution in [2.45, 2.75) is 0 Å². The maximum absolute atomic E-state index is 4.54. The van der Waals surface area contributed by atoms with E-state index < -0.39 is 0 Å². The van der Waals surface area contributed by atoms with Gasteiger partial charge in [0, 0.05) is 16.3 Å². The molecule has 0 aliphatic heterocycles. The standard InChI is InChI=1S/C17H12BrN5S/c18-16-13-8-11(6-7-14(13)21-22-16)9-19-23-17-20-15(10-24-17)12-4-2-1-3-5-12/h1-10H,(H,20,23)(H,21,22). The van der Waals surface area contributed by atoms with Gasteiger partial charge < -0.3 is 0 Å². The predicted octanol–water partition coefficient (Wildman–Crippen LogP) is 4.89. The summed E-state index contributed by atoms with van der Waals surface area (Å²) >= 11 is 4.97. The minimum atomic E-state index is 0.760. The highest BCUT2D eigenvalue weighted by Crippen LogP contribution is 2.24. The van der Waals surface area contributed by atoms with Crippen LogP contribution >= 0.6 is 27.3 Å². The molecule has 0 aliphatic rings. The molecule has 118 valence electrons. The summed E-state index contributed by atoms with van der Waals surface area (Å²) in [4.78, 5) is 4.54. The van der Waals surface area contributed by atoms with Crippen LogP contribution in [0.25, 0.3) is 22.2 Å². The Balaban J connectivity index is 1.48. The first-order valence-corrected chi connectivity index (χ1v) is 8.90. The Kier molecular flexibility index (Phi) is 4.10. The fourth-order valence-corrected chi connectivity index (χ4v) is 3.38. The fraction of sp³-hybridized carbons (Fsp3) is 0. The number of thiazole rings is 1. The second-order valence-corrected chi connectivity index (χ2v) is 6.74. The zero-order valence-corrected chi connectivity index (χ0v) is 14.8. The number of nitrogens with one attached hydrogen (secondary N) is 2. The van der Waals surface area contributed by atoms with Crippen molar-refractivity contribution in [1.82, 2.24) is 15.2 Å². The number of aromatic nitrogens is 3. The van der Waals surface area contributed by atoms with E-state index >= 15 is 0 Å². The lowest BCUT2D eigenvalue weighted by atomic mass is 10.2. The lowest BCUT2D eigenvalue weighted by molar-refractivity contribution is 1.10. The number of H-pyrrole nitrogens is 1. The monoisotopic (exact) mass is 397 g/mol. The van der Waals surface area contributed by atoms with E-state index in [-0.39, 0.29) is 0 Å². The van der Waals surface area contributed by atoms with Crippen LogP contribution in [0.5, 0.6) is 0 Å².